The Balaban J connectivity index is 1.37. The molecule has 0 spiro atoms. The van der Waals surface area contributed by atoms with Crippen molar-refractivity contribution in [3.8, 4) is 11.8 Å². The number of aromatic nitrogens is 1. The Labute approximate surface area is 170 Å². The zero-order valence-corrected chi connectivity index (χ0v) is 16.4. The van der Waals surface area contributed by atoms with Gasteiger partial charge in [0.25, 0.3) is 5.91 Å². The molecule has 1 aromatic heterocycles. The van der Waals surface area contributed by atoms with Gasteiger partial charge >= 0.3 is 0 Å². The number of carbonyl (C=O) groups excluding carboxylic acids is 2. The summed E-state index contributed by atoms with van der Waals surface area (Å²) in [5, 5.41) is 15.2. The van der Waals surface area contributed by atoms with Gasteiger partial charge in [0, 0.05) is 36.2 Å². The van der Waals surface area contributed by atoms with E-state index in [9.17, 15) is 14.9 Å². The number of hydrogen-bond acceptors (Lipinski definition) is 3. The van der Waals surface area contributed by atoms with Gasteiger partial charge in [0.15, 0.2) is 0 Å². The Morgan fingerprint density at radius 3 is 2.45 bits per heavy atom. The lowest BCUT2D eigenvalue weighted by Crippen LogP contribution is -2.49. The van der Waals surface area contributed by atoms with E-state index >= 15 is 0 Å². The minimum atomic E-state index is -0.357. The molecule has 0 unspecified atom stereocenters. The Hall–Kier alpha value is -3.07. The molecule has 0 radical (unpaired) electrons. The minimum absolute atomic E-state index is 0.0421. The van der Waals surface area contributed by atoms with Gasteiger partial charge in [-0.3, -0.25) is 9.59 Å². The normalized spacial score (nSPS) is 22.3. The number of benzene rings is 1. The maximum absolute atomic E-state index is 12.8. The van der Waals surface area contributed by atoms with Gasteiger partial charge in [-0.15, -0.1) is 0 Å². The molecule has 1 heterocycles. The highest BCUT2D eigenvalue weighted by atomic mass is 16.2. The van der Waals surface area contributed by atoms with Crippen LogP contribution in [0.2, 0.25) is 0 Å². The molecule has 29 heavy (non-hydrogen) atoms. The third kappa shape index (κ3) is 4.34. The number of nitrogens with one attached hydrogen (secondary N) is 2. The van der Waals surface area contributed by atoms with Crippen LogP contribution in [0.25, 0.3) is 5.69 Å². The summed E-state index contributed by atoms with van der Waals surface area (Å²) in [5.41, 5.74) is 1.23. The van der Waals surface area contributed by atoms with Crippen molar-refractivity contribution in [2.45, 2.75) is 44.6 Å². The number of nitriles is 1. The van der Waals surface area contributed by atoms with Crippen LogP contribution in [0.15, 0.2) is 48.8 Å². The van der Waals surface area contributed by atoms with Crippen LogP contribution in [-0.2, 0) is 4.79 Å². The smallest absolute Gasteiger partial charge is 0.251 e. The first kappa shape index (κ1) is 19.3. The molecule has 2 amide bonds. The summed E-state index contributed by atoms with van der Waals surface area (Å²) < 4.78 is 1.98. The van der Waals surface area contributed by atoms with E-state index in [1.54, 1.807) is 0 Å². The third-order valence-corrected chi connectivity index (χ3v) is 6.14. The summed E-state index contributed by atoms with van der Waals surface area (Å²) in [7, 11) is 0. The maximum Gasteiger partial charge on any atom is 0.251 e. The SMILES string of the molecule is N#CC1(CNC(=O)[C@@H]2CCCC[C@@H]2NC(=O)c2ccc(-n3cccc3)cc2)CC1. The molecule has 2 fully saturated rings. The van der Waals surface area contributed by atoms with Gasteiger partial charge in [-0.05, 0) is 62.1 Å². The third-order valence-electron chi connectivity index (χ3n) is 6.14. The molecule has 2 aliphatic carbocycles. The van der Waals surface area contributed by atoms with Crippen LogP contribution in [0.1, 0.15) is 48.9 Å². The molecule has 1 aromatic carbocycles. The van der Waals surface area contributed by atoms with Crippen molar-refractivity contribution in [2.75, 3.05) is 6.54 Å². The summed E-state index contributed by atoms with van der Waals surface area (Å²) in [6.45, 7) is 0.417. The molecule has 0 saturated heterocycles. The Bertz CT molecular complexity index is 907. The summed E-state index contributed by atoms with van der Waals surface area (Å²) in [4.78, 5) is 25.5. The number of nitrogens with zero attached hydrogens (tertiary/aromatic N) is 2. The molecule has 0 bridgehead atoms. The maximum atomic E-state index is 12.8. The van der Waals surface area contributed by atoms with Gasteiger partial charge in [-0.2, -0.15) is 5.26 Å². The molecule has 0 aliphatic heterocycles. The van der Waals surface area contributed by atoms with Crippen molar-refractivity contribution >= 4 is 11.8 Å². The lowest BCUT2D eigenvalue weighted by molar-refractivity contribution is -0.126. The highest BCUT2D eigenvalue weighted by Crippen LogP contribution is 2.44. The number of hydrogen-bond donors (Lipinski definition) is 2. The zero-order chi connectivity index (χ0) is 20.3. The van der Waals surface area contributed by atoms with E-state index in [0.29, 0.717) is 12.1 Å². The molecule has 2 aromatic rings. The van der Waals surface area contributed by atoms with Crippen LogP contribution in [0.4, 0.5) is 0 Å². The van der Waals surface area contributed by atoms with Gasteiger partial charge in [-0.25, -0.2) is 0 Å². The minimum Gasteiger partial charge on any atom is -0.354 e. The van der Waals surface area contributed by atoms with E-state index in [0.717, 1.165) is 44.2 Å². The molecule has 150 valence electrons. The van der Waals surface area contributed by atoms with Crippen LogP contribution in [0.5, 0.6) is 0 Å². The highest BCUT2D eigenvalue weighted by Gasteiger charge is 2.44. The topological polar surface area (TPSA) is 86.9 Å². The largest absolute Gasteiger partial charge is 0.354 e. The van der Waals surface area contributed by atoms with Crippen molar-refractivity contribution in [2.24, 2.45) is 11.3 Å². The second-order valence-corrected chi connectivity index (χ2v) is 8.22. The van der Waals surface area contributed by atoms with Gasteiger partial charge in [0.05, 0.1) is 17.4 Å². The van der Waals surface area contributed by atoms with Crippen LogP contribution >= 0.6 is 0 Å². The lowest BCUT2D eigenvalue weighted by Gasteiger charge is -2.31. The quantitative estimate of drug-likeness (QED) is 0.794. The summed E-state index contributed by atoms with van der Waals surface area (Å²) >= 11 is 0. The van der Waals surface area contributed by atoms with E-state index in [-0.39, 0.29) is 29.2 Å². The monoisotopic (exact) mass is 390 g/mol. The first-order valence-corrected chi connectivity index (χ1v) is 10.3. The number of carbonyl (C=O) groups is 2. The van der Waals surface area contributed by atoms with E-state index in [2.05, 4.69) is 16.7 Å². The zero-order valence-electron chi connectivity index (χ0n) is 16.4. The first-order chi connectivity index (χ1) is 14.1. The molecular formula is C23H26N4O2. The average Bonchev–Trinajstić information content (AvgIpc) is 3.33. The summed E-state index contributed by atoms with van der Waals surface area (Å²) in [5.74, 6) is -0.426. The average molecular weight is 390 g/mol. The second-order valence-electron chi connectivity index (χ2n) is 8.22. The fourth-order valence-electron chi connectivity index (χ4n) is 4.03. The standard InChI is InChI=1S/C23H26N4O2/c24-15-23(11-12-23)16-25-22(29)19-5-1-2-6-20(19)26-21(28)17-7-9-18(10-8-17)27-13-3-4-14-27/h3-4,7-10,13-14,19-20H,1-2,5-6,11-12,16H2,(H,25,29)(H,26,28)/t19-,20+/m1/s1. The highest BCUT2D eigenvalue weighted by molar-refractivity contribution is 5.95. The molecule has 2 N–H and O–H groups in total. The van der Waals surface area contributed by atoms with Crippen molar-refractivity contribution in [1.29, 1.82) is 5.26 Å². The van der Waals surface area contributed by atoms with Crippen molar-refractivity contribution in [3.05, 3.63) is 54.4 Å². The van der Waals surface area contributed by atoms with Gasteiger partial charge in [0.2, 0.25) is 5.91 Å². The molecule has 4 rings (SSSR count). The molecule has 6 nitrogen and oxygen atoms in total. The lowest BCUT2D eigenvalue weighted by atomic mass is 9.83. The van der Waals surface area contributed by atoms with E-state index < -0.39 is 0 Å². The van der Waals surface area contributed by atoms with Crippen LogP contribution in [0.3, 0.4) is 0 Å². The number of amides is 2. The van der Waals surface area contributed by atoms with E-state index in [4.69, 9.17) is 0 Å². The Morgan fingerprint density at radius 1 is 1.10 bits per heavy atom. The molecular weight excluding hydrogens is 364 g/mol. The molecule has 2 aliphatic rings. The van der Waals surface area contributed by atoms with Gasteiger partial charge < -0.3 is 15.2 Å². The van der Waals surface area contributed by atoms with Gasteiger partial charge in [-0.1, -0.05) is 12.8 Å². The predicted molar refractivity (Wildman–Crippen MR) is 109 cm³/mol. The Kier molecular flexibility index (Phi) is 5.39. The molecule has 2 saturated carbocycles. The van der Waals surface area contributed by atoms with Crippen molar-refractivity contribution in [3.63, 3.8) is 0 Å². The Morgan fingerprint density at radius 2 is 1.79 bits per heavy atom. The molecule has 2 atom stereocenters. The predicted octanol–water partition coefficient (Wildman–Crippen LogP) is 3.19. The second kappa shape index (κ2) is 8.12. The fourth-order valence-corrected chi connectivity index (χ4v) is 4.03. The van der Waals surface area contributed by atoms with E-state index in [1.807, 2.05) is 53.4 Å². The van der Waals surface area contributed by atoms with E-state index in [1.165, 1.54) is 0 Å². The molecule has 6 heteroatoms. The number of rotatable bonds is 6. The summed E-state index contributed by atoms with van der Waals surface area (Å²) in [6.07, 6.45) is 9.18. The van der Waals surface area contributed by atoms with Crippen LogP contribution < -0.4 is 10.6 Å². The van der Waals surface area contributed by atoms with Gasteiger partial charge in [0.1, 0.15) is 0 Å². The van der Waals surface area contributed by atoms with Crippen LogP contribution in [0, 0.1) is 22.7 Å². The van der Waals surface area contributed by atoms with Crippen LogP contribution in [-0.4, -0.2) is 29.0 Å². The summed E-state index contributed by atoms with van der Waals surface area (Å²) in [6, 6.07) is 13.5. The first-order valence-electron chi connectivity index (χ1n) is 10.3. The van der Waals surface area contributed by atoms with Crippen molar-refractivity contribution in [1.82, 2.24) is 15.2 Å². The van der Waals surface area contributed by atoms with Crippen molar-refractivity contribution < 1.29 is 9.59 Å². The fraction of sp³-hybridized carbons (Fsp3) is 0.435.